The predicted octanol–water partition coefficient (Wildman–Crippen LogP) is 2.88. The van der Waals surface area contributed by atoms with Gasteiger partial charge >= 0.3 is 0 Å². The predicted molar refractivity (Wildman–Crippen MR) is 87.9 cm³/mol. The molecule has 3 rings (SSSR count). The summed E-state index contributed by atoms with van der Waals surface area (Å²) < 4.78 is 13.1. The molecule has 0 atom stereocenters. The summed E-state index contributed by atoms with van der Waals surface area (Å²) in [6.45, 7) is 0.553. The van der Waals surface area contributed by atoms with E-state index in [-0.39, 0.29) is 5.69 Å². The fraction of sp³-hybridized carbons (Fsp3) is 0.0588. The molecular weight excluding hydrogens is 309 g/mol. The third kappa shape index (κ3) is 4.10. The van der Waals surface area contributed by atoms with Gasteiger partial charge in [0.05, 0.1) is 0 Å². The van der Waals surface area contributed by atoms with E-state index in [1.54, 1.807) is 30.6 Å². The first-order chi connectivity index (χ1) is 11.7. The normalized spacial score (nSPS) is 10.2. The van der Waals surface area contributed by atoms with Crippen LogP contribution in [0.3, 0.4) is 0 Å². The lowest BCUT2D eigenvalue weighted by molar-refractivity contribution is 0.102. The number of benzene rings is 1. The van der Waals surface area contributed by atoms with Crippen LogP contribution in [0.1, 0.15) is 16.1 Å². The summed E-state index contributed by atoms with van der Waals surface area (Å²) in [5, 5.41) is 13.5. The van der Waals surface area contributed by atoms with Crippen LogP contribution in [0, 0.1) is 5.82 Å². The molecule has 120 valence electrons. The molecule has 3 aromatic rings. The van der Waals surface area contributed by atoms with Crippen molar-refractivity contribution in [1.82, 2.24) is 15.2 Å². The maximum atomic E-state index is 13.1. The van der Waals surface area contributed by atoms with Crippen molar-refractivity contribution in [1.29, 1.82) is 0 Å². The number of nitrogens with one attached hydrogen (secondary N) is 2. The Balaban J connectivity index is 1.60. The SMILES string of the molecule is O=C(Nc1cccc(F)c1)c1ccc(NCc2cccnc2)nn1. The number of anilines is 2. The summed E-state index contributed by atoms with van der Waals surface area (Å²) in [5.41, 5.74) is 1.51. The highest BCUT2D eigenvalue weighted by molar-refractivity contribution is 6.02. The molecule has 0 saturated carbocycles. The van der Waals surface area contributed by atoms with Gasteiger partial charge in [-0.15, -0.1) is 10.2 Å². The zero-order chi connectivity index (χ0) is 16.8. The molecule has 24 heavy (non-hydrogen) atoms. The first-order valence-corrected chi connectivity index (χ1v) is 7.24. The average molecular weight is 323 g/mol. The van der Waals surface area contributed by atoms with Crippen LogP contribution >= 0.6 is 0 Å². The number of pyridine rings is 1. The van der Waals surface area contributed by atoms with Gasteiger partial charge in [0.15, 0.2) is 5.69 Å². The minimum absolute atomic E-state index is 0.145. The zero-order valence-corrected chi connectivity index (χ0v) is 12.6. The highest BCUT2D eigenvalue weighted by atomic mass is 19.1. The van der Waals surface area contributed by atoms with Gasteiger partial charge in [-0.2, -0.15) is 0 Å². The highest BCUT2D eigenvalue weighted by Crippen LogP contribution is 2.11. The molecule has 1 amide bonds. The standard InChI is InChI=1S/C17H14FN5O/c18-13-4-1-5-14(9-13)21-17(24)15-6-7-16(23-22-15)20-11-12-3-2-8-19-10-12/h1-10H,11H2,(H,20,23)(H,21,24). The first kappa shape index (κ1) is 15.5. The van der Waals surface area contributed by atoms with Gasteiger partial charge in [0.25, 0.3) is 5.91 Å². The fourth-order valence-corrected chi connectivity index (χ4v) is 2.00. The van der Waals surface area contributed by atoms with E-state index < -0.39 is 11.7 Å². The van der Waals surface area contributed by atoms with Gasteiger partial charge < -0.3 is 10.6 Å². The molecule has 0 bridgehead atoms. The van der Waals surface area contributed by atoms with Crippen molar-refractivity contribution in [3.05, 3.63) is 78.0 Å². The van der Waals surface area contributed by atoms with Gasteiger partial charge in [-0.25, -0.2) is 4.39 Å². The molecule has 0 radical (unpaired) electrons. The lowest BCUT2D eigenvalue weighted by Crippen LogP contribution is -2.15. The maximum absolute atomic E-state index is 13.1. The first-order valence-electron chi connectivity index (χ1n) is 7.24. The van der Waals surface area contributed by atoms with Crippen LogP contribution in [0.5, 0.6) is 0 Å². The molecule has 0 aliphatic rings. The van der Waals surface area contributed by atoms with E-state index in [0.717, 1.165) is 5.56 Å². The molecule has 0 aliphatic heterocycles. The highest BCUT2D eigenvalue weighted by Gasteiger charge is 2.09. The summed E-state index contributed by atoms with van der Waals surface area (Å²) in [6, 6.07) is 12.6. The maximum Gasteiger partial charge on any atom is 0.276 e. The lowest BCUT2D eigenvalue weighted by Gasteiger charge is -2.06. The van der Waals surface area contributed by atoms with Crippen molar-refractivity contribution in [3.8, 4) is 0 Å². The van der Waals surface area contributed by atoms with Crippen molar-refractivity contribution in [3.63, 3.8) is 0 Å². The van der Waals surface area contributed by atoms with Crippen molar-refractivity contribution in [2.75, 3.05) is 10.6 Å². The molecular formula is C17H14FN5O. The van der Waals surface area contributed by atoms with Crippen LogP contribution in [-0.4, -0.2) is 21.1 Å². The molecule has 2 N–H and O–H groups in total. The number of rotatable bonds is 5. The van der Waals surface area contributed by atoms with Crippen molar-refractivity contribution >= 4 is 17.4 Å². The number of hydrogen-bond donors (Lipinski definition) is 2. The van der Waals surface area contributed by atoms with Gasteiger partial charge in [-0.05, 0) is 42.0 Å². The number of carbonyl (C=O) groups is 1. The zero-order valence-electron chi connectivity index (χ0n) is 12.6. The van der Waals surface area contributed by atoms with Crippen molar-refractivity contribution < 1.29 is 9.18 Å². The summed E-state index contributed by atoms with van der Waals surface area (Å²) in [4.78, 5) is 16.1. The van der Waals surface area contributed by atoms with Crippen LogP contribution < -0.4 is 10.6 Å². The number of hydrogen-bond acceptors (Lipinski definition) is 5. The van der Waals surface area contributed by atoms with Crippen LogP contribution in [0.25, 0.3) is 0 Å². The number of carbonyl (C=O) groups excluding carboxylic acids is 1. The number of amides is 1. The van der Waals surface area contributed by atoms with E-state index in [0.29, 0.717) is 18.1 Å². The lowest BCUT2D eigenvalue weighted by atomic mass is 10.3. The smallest absolute Gasteiger partial charge is 0.276 e. The molecule has 0 unspecified atom stereocenters. The van der Waals surface area contributed by atoms with E-state index in [4.69, 9.17) is 0 Å². The summed E-state index contributed by atoms with van der Waals surface area (Å²) in [7, 11) is 0. The Morgan fingerprint density at radius 3 is 2.71 bits per heavy atom. The minimum Gasteiger partial charge on any atom is -0.364 e. The van der Waals surface area contributed by atoms with E-state index in [1.807, 2.05) is 12.1 Å². The van der Waals surface area contributed by atoms with E-state index in [9.17, 15) is 9.18 Å². The van der Waals surface area contributed by atoms with Crippen LogP contribution in [0.2, 0.25) is 0 Å². The van der Waals surface area contributed by atoms with Crippen molar-refractivity contribution in [2.45, 2.75) is 6.54 Å². The second kappa shape index (κ2) is 7.28. The minimum atomic E-state index is -0.452. The van der Waals surface area contributed by atoms with Crippen LogP contribution in [0.4, 0.5) is 15.9 Å². The Bertz CT molecular complexity index is 824. The Kier molecular flexibility index (Phi) is 4.71. The van der Waals surface area contributed by atoms with Gasteiger partial charge in [0, 0.05) is 24.6 Å². The molecule has 2 aromatic heterocycles. The largest absolute Gasteiger partial charge is 0.364 e. The second-order valence-electron chi connectivity index (χ2n) is 4.98. The van der Waals surface area contributed by atoms with E-state index in [2.05, 4.69) is 25.8 Å². The van der Waals surface area contributed by atoms with Crippen molar-refractivity contribution in [2.24, 2.45) is 0 Å². The monoisotopic (exact) mass is 323 g/mol. The number of halogens is 1. The topological polar surface area (TPSA) is 79.8 Å². The Labute approximate surface area is 137 Å². The third-order valence-corrected chi connectivity index (χ3v) is 3.18. The molecule has 0 fully saturated rings. The molecule has 1 aromatic carbocycles. The second-order valence-corrected chi connectivity index (χ2v) is 4.98. The number of nitrogens with zero attached hydrogens (tertiary/aromatic N) is 3. The summed E-state index contributed by atoms with van der Waals surface area (Å²) in [6.07, 6.45) is 3.45. The molecule has 2 heterocycles. The van der Waals surface area contributed by atoms with E-state index in [1.165, 1.54) is 18.2 Å². The third-order valence-electron chi connectivity index (χ3n) is 3.18. The summed E-state index contributed by atoms with van der Waals surface area (Å²) in [5.74, 6) is -0.332. The quantitative estimate of drug-likeness (QED) is 0.755. The number of aromatic nitrogens is 3. The molecule has 7 heteroatoms. The Morgan fingerprint density at radius 2 is 2.00 bits per heavy atom. The van der Waals surface area contributed by atoms with Gasteiger partial charge in [-0.1, -0.05) is 12.1 Å². The van der Waals surface area contributed by atoms with E-state index >= 15 is 0 Å². The van der Waals surface area contributed by atoms with Gasteiger partial charge in [0.1, 0.15) is 11.6 Å². The van der Waals surface area contributed by atoms with Crippen LogP contribution in [-0.2, 0) is 6.54 Å². The molecule has 0 aliphatic carbocycles. The van der Waals surface area contributed by atoms with Gasteiger partial charge in [-0.3, -0.25) is 9.78 Å². The Hall–Kier alpha value is -3.35. The molecule has 0 saturated heterocycles. The van der Waals surface area contributed by atoms with Gasteiger partial charge in [0.2, 0.25) is 0 Å². The van der Waals surface area contributed by atoms with Crippen LogP contribution in [0.15, 0.2) is 60.9 Å². The average Bonchev–Trinajstić information content (AvgIpc) is 2.61. The molecule has 6 nitrogen and oxygen atoms in total. The summed E-state index contributed by atoms with van der Waals surface area (Å²) >= 11 is 0. The fourth-order valence-electron chi connectivity index (χ4n) is 2.00. The molecule has 0 spiro atoms. The Morgan fingerprint density at radius 1 is 1.08 bits per heavy atom.